The summed E-state index contributed by atoms with van der Waals surface area (Å²) in [5.41, 5.74) is 2.14. The van der Waals surface area contributed by atoms with Crippen LogP contribution in [0, 0.1) is 17.7 Å². The highest BCUT2D eigenvalue weighted by Crippen LogP contribution is 2.33. The summed E-state index contributed by atoms with van der Waals surface area (Å²) in [6.07, 6.45) is 11.7. The molecule has 2 saturated heterocycles. The molecule has 9 heteroatoms. The van der Waals surface area contributed by atoms with E-state index in [9.17, 15) is 18.8 Å². The number of thioether (sulfide) groups is 1. The minimum absolute atomic E-state index is 0.271. The van der Waals surface area contributed by atoms with Crippen LogP contribution in [0.1, 0.15) is 49.8 Å². The number of likely N-dealkylation sites (tertiary alicyclic amines) is 1. The Bertz CT molecular complexity index is 1200. The van der Waals surface area contributed by atoms with Gasteiger partial charge in [0.1, 0.15) is 5.82 Å². The van der Waals surface area contributed by atoms with Crippen molar-refractivity contribution in [1.29, 1.82) is 0 Å². The number of hydrogen-bond donors (Lipinski definition) is 1. The van der Waals surface area contributed by atoms with E-state index < -0.39 is 17.0 Å². The molecule has 1 aliphatic carbocycles. The van der Waals surface area contributed by atoms with Gasteiger partial charge in [0, 0.05) is 30.8 Å². The Morgan fingerprint density at radius 1 is 1.17 bits per heavy atom. The predicted octanol–water partition coefficient (Wildman–Crippen LogP) is 4.58. The quantitative estimate of drug-likeness (QED) is 0.591. The first-order valence-electron chi connectivity index (χ1n) is 12.1. The molecule has 3 fully saturated rings. The summed E-state index contributed by atoms with van der Waals surface area (Å²) in [5, 5.41) is 1.80. The highest BCUT2D eigenvalue weighted by Gasteiger charge is 2.34. The highest BCUT2D eigenvalue weighted by molar-refractivity contribution is 8.18. The highest BCUT2D eigenvalue weighted by atomic mass is 32.2. The largest absolute Gasteiger partial charge is 0.342 e. The number of benzene rings is 1. The van der Waals surface area contributed by atoms with Crippen molar-refractivity contribution in [1.82, 2.24) is 20.2 Å². The molecule has 0 spiro atoms. The number of nitrogens with one attached hydrogen (secondary N) is 1. The topological polar surface area (TPSA) is 92.3 Å². The molecule has 3 aliphatic rings. The van der Waals surface area contributed by atoms with Crippen molar-refractivity contribution in [2.24, 2.45) is 11.8 Å². The van der Waals surface area contributed by atoms with Gasteiger partial charge in [-0.3, -0.25) is 24.7 Å². The van der Waals surface area contributed by atoms with E-state index in [4.69, 9.17) is 0 Å². The van der Waals surface area contributed by atoms with Gasteiger partial charge < -0.3 is 4.90 Å². The molecule has 2 aliphatic heterocycles. The maximum absolute atomic E-state index is 14.7. The Kier molecular flexibility index (Phi) is 6.95. The van der Waals surface area contributed by atoms with E-state index in [-0.39, 0.29) is 10.8 Å². The number of halogens is 1. The third-order valence-electron chi connectivity index (χ3n) is 6.79. The van der Waals surface area contributed by atoms with Gasteiger partial charge in [-0.15, -0.1) is 0 Å². The van der Waals surface area contributed by atoms with Crippen LogP contribution in [0.2, 0.25) is 0 Å². The number of rotatable bonds is 6. The van der Waals surface area contributed by atoms with Crippen molar-refractivity contribution in [3.05, 3.63) is 52.6 Å². The number of hydrogen-bond acceptors (Lipinski definition) is 6. The smallest absolute Gasteiger partial charge is 0.290 e. The Labute approximate surface area is 207 Å². The summed E-state index contributed by atoms with van der Waals surface area (Å²) in [7, 11) is 0. The Morgan fingerprint density at radius 3 is 2.80 bits per heavy atom. The van der Waals surface area contributed by atoms with Gasteiger partial charge in [-0.2, -0.15) is 0 Å². The molecule has 1 N–H and O–H groups in total. The summed E-state index contributed by atoms with van der Waals surface area (Å²) in [6.45, 7) is 1.70. The summed E-state index contributed by atoms with van der Waals surface area (Å²) in [6, 6.07) is 4.50. The monoisotopic (exact) mass is 494 g/mol. The first kappa shape index (κ1) is 23.7. The number of imide groups is 1. The van der Waals surface area contributed by atoms with Crippen LogP contribution in [0.5, 0.6) is 0 Å². The van der Waals surface area contributed by atoms with Gasteiger partial charge in [0.15, 0.2) is 0 Å². The molecule has 3 heterocycles. The number of aromatic nitrogens is 2. The minimum Gasteiger partial charge on any atom is -0.342 e. The van der Waals surface area contributed by atoms with Crippen molar-refractivity contribution in [2.75, 3.05) is 13.1 Å². The lowest BCUT2D eigenvalue weighted by Gasteiger charge is -2.20. The fraction of sp³-hybridized carbons (Fsp3) is 0.423. The average Bonchev–Trinajstić information content (AvgIpc) is 3.67. The first-order chi connectivity index (χ1) is 17.0. The lowest BCUT2D eigenvalue weighted by molar-refractivity contribution is -0.132. The van der Waals surface area contributed by atoms with E-state index in [1.54, 1.807) is 24.4 Å². The molecule has 1 saturated carbocycles. The summed E-state index contributed by atoms with van der Waals surface area (Å²) >= 11 is 0.822. The third-order valence-corrected chi connectivity index (χ3v) is 7.60. The van der Waals surface area contributed by atoms with E-state index in [2.05, 4.69) is 15.3 Å². The first-order valence-corrected chi connectivity index (χ1v) is 12.9. The van der Waals surface area contributed by atoms with Gasteiger partial charge in [-0.05, 0) is 86.4 Å². The fourth-order valence-corrected chi connectivity index (χ4v) is 5.36. The average molecular weight is 495 g/mol. The van der Waals surface area contributed by atoms with Crippen molar-refractivity contribution >= 4 is 34.9 Å². The van der Waals surface area contributed by atoms with E-state index in [1.165, 1.54) is 12.3 Å². The molecule has 0 radical (unpaired) electrons. The summed E-state index contributed by atoms with van der Waals surface area (Å²) < 4.78 is 14.7. The van der Waals surface area contributed by atoms with Gasteiger partial charge in [-0.25, -0.2) is 9.37 Å². The molecular formula is C26H27FN4O3S. The molecule has 5 rings (SSSR count). The number of nitrogens with zero attached hydrogens (tertiary/aromatic N) is 3. The van der Waals surface area contributed by atoms with Crippen LogP contribution in [-0.4, -0.2) is 45.0 Å². The third kappa shape index (κ3) is 5.78. The second kappa shape index (κ2) is 10.3. The van der Waals surface area contributed by atoms with E-state index in [0.29, 0.717) is 28.6 Å². The zero-order valence-electron chi connectivity index (χ0n) is 19.3. The molecule has 1 atom stereocenters. The van der Waals surface area contributed by atoms with Gasteiger partial charge >= 0.3 is 0 Å². The number of carbonyl (C=O) groups excluding carboxylic acids is 3. The molecule has 1 aromatic heterocycles. The molecular weight excluding hydrogens is 467 g/mol. The van der Waals surface area contributed by atoms with Crippen molar-refractivity contribution in [3.63, 3.8) is 0 Å². The standard InChI is InChI=1S/C26H27FN4O3S/c27-21-8-4-17(13-23-24(32)30-26(34)35-23)12-20(21)22-15-28-14-19(29-22)7-3-16-2-1-10-31(11-9-16)25(33)18-5-6-18/h4,8,12-16,18H,1-3,5-7,9-11H2,(H,30,32,34). The van der Waals surface area contributed by atoms with E-state index in [0.717, 1.165) is 75.5 Å². The molecule has 1 unspecified atom stereocenters. The molecule has 0 bridgehead atoms. The summed E-state index contributed by atoms with van der Waals surface area (Å²) in [4.78, 5) is 46.9. The van der Waals surface area contributed by atoms with Crippen LogP contribution in [-0.2, 0) is 16.0 Å². The zero-order valence-corrected chi connectivity index (χ0v) is 20.2. The van der Waals surface area contributed by atoms with Crippen molar-refractivity contribution in [3.8, 4) is 11.3 Å². The zero-order chi connectivity index (χ0) is 24.4. The van der Waals surface area contributed by atoms with Crippen molar-refractivity contribution in [2.45, 2.75) is 44.9 Å². The van der Waals surface area contributed by atoms with Crippen LogP contribution >= 0.6 is 11.8 Å². The second-order valence-electron chi connectivity index (χ2n) is 9.42. The normalized spacial score (nSPS) is 21.8. The van der Waals surface area contributed by atoms with E-state index >= 15 is 0 Å². The van der Waals surface area contributed by atoms with Gasteiger partial charge in [0.05, 0.1) is 22.5 Å². The number of carbonyl (C=O) groups is 3. The maximum Gasteiger partial charge on any atom is 0.290 e. The lowest BCUT2D eigenvalue weighted by Crippen LogP contribution is -2.33. The van der Waals surface area contributed by atoms with Crippen LogP contribution in [0.3, 0.4) is 0 Å². The molecule has 35 heavy (non-hydrogen) atoms. The molecule has 3 amide bonds. The SMILES string of the molecule is O=C1NC(=O)C(=Cc2ccc(F)c(-c3cncc(CCC4CCCN(C(=O)C5CC5)CC4)n3)c2)S1. The van der Waals surface area contributed by atoms with Gasteiger partial charge in [0.2, 0.25) is 5.91 Å². The Hall–Kier alpha value is -3.07. The number of aryl methyl sites for hydroxylation is 1. The molecule has 2 aromatic rings. The maximum atomic E-state index is 14.7. The minimum atomic E-state index is -0.453. The van der Waals surface area contributed by atoms with Crippen molar-refractivity contribution < 1.29 is 18.8 Å². The molecule has 1 aromatic carbocycles. The predicted molar refractivity (Wildman–Crippen MR) is 131 cm³/mol. The molecule has 182 valence electrons. The van der Waals surface area contributed by atoms with Crippen LogP contribution in [0.4, 0.5) is 9.18 Å². The Morgan fingerprint density at radius 2 is 2.03 bits per heavy atom. The Balaban J connectivity index is 1.24. The van der Waals surface area contributed by atoms with Crippen LogP contribution < -0.4 is 5.32 Å². The lowest BCUT2D eigenvalue weighted by atomic mass is 9.94. The second-order valence-corrected chi connectivity index (χ2v) is 10.4. The van der Waals surface area contributed by atoms with Gasteiger partial charge in [0.25, 0.3) is 11.1 Å². The van der Waals surface area contributed by atoms with E-state index in [1.807, 2.05) is 4.90 Å². The molecule has 7 nitrogen and oxygen atoms in total. The van der Waals surface area contributed by atoms with Crippen LogP contribution in [0.25, 0.3) is 17.3 Å². The van der Waals surface area contributed by atoms with Gasteiger partial charge in [-0.1, -0.05) is 6.07 Å². The summed E-state index contributed by atoms with van der Waals surface area (Å²) in [5.74, 6) is 0.259. The van der Waals surface area contributed by atoms with Crippen LogP contribution in [0.15, 0.2) is 35.5 Å². The fourth-order valence-electron chi connectivity index (χ4n) is 4.67. The number of amides is 3.